The van der Waals surface area contributed by atoms with E-state index in [9.17, 15) is 27.1 Å². The fourth-order valence-corrected chi connectivity index (χ4v) is 3.08. The molecular weight excluding hydrogens is 330 g/mol. The third kappa shape index (κ3) is 4.24. The van der Waals surface area contributed by atoms with Crippen molar-refractivity contribution >= 4 is 15.9 Å². The normalized spacial score (nSPS) is 21.7. The molecule has 0 aliphatic carbocycles. The lowest BCUT2D eigenvalue weighted by molar-refractivity contribution is -0.131. The van der Waals surface area contributed by atoms with Crippen LogP contribution < -0.4 is 4.72 Å². The van der Waals surface area contributed by atoms with Gasteiger partial charge in [-0.1, -0.05) is 0 Å². The molecule has 2 rings (SSSR count). The quantitative estimate of drug-likeness (QED) is 0.813. The highest BCUT2D eigenvalue weighted by Gasteiger charge is 2.36. The van der Waals surface area contributed by atoms with E-state index in [4.69, 9.17) is 0 Å². The minimum absolute atomic E-state index is 0.0340. The number of hydrogen-bond acceptors (Lipinski definition) is 4. The zero-order valence-corrected chi connectivity index (χ0v) is 13.3. The van der Waals surface area contributed by atoms with E-state index in [-0.39, 0.29) is 24.3 Å². The van der Waals surface area contributed by atoms with Gasteiger partial charge < -0.3 is 10.0 Å². The molecule has 0 radical (unpaired) electrons. The van der Waals surface area contributed by atoms with Gasteiger partial charge in [0.2, 0.25) is 15.9 Å². The molecule has 1 heterocycles. The maximum Gasteiger partial charge on any atom is 0.238 e. The van der Waals surface area contributed by atoms with Gasteiger partial charge in [0.15, 0.2) is 0 Å². The summed E-state index contributed by atoms with van der Waals surface area (Å²) in [4.78, 5) is 13.4. The molecule has 6 nitrogen and oxygen atoms in total. The van der Waals surface area contributed by atoms with E-state index >= 15 is 0 Å². The van der Waals surface area contributed by atoms with Crippen molar-refractivity contribution in [3.8, 4) is 0 Å². The Kier molecular flexibility index (Phi) is 5.33. The fourth-order valence-electron chi connectivity index (χ4n) is 2.53. The van der Waals surface area contributed by atoms with Crippen LogP contribution in [-0.2, 0) is 14.8 Å². The first-order chi connectivity index (χ1) is 10.7. The second-order valence-corrected chi connectivity index (χ2v) is 7.44. The van der Waals surface area contributed by atoms with Gasteiger partial charge in [-0.05, 0) is 31.5 Å². The SMILES string of the molecule is CCS(=O)(=O)NCC(=O)N1CC(O)CC1c1cc(F)ccc1F. The number of aliphatic hydroxyl groups is 1. The number of rotatable bonds is 5. The Bertz CT molecular complexity index is 696. The first-order valence-electron chi connectivity index (χ1n) is 7.13. The Hall–Kier alpha value is -1.58. The molecule has 1 saturated heterocycles. The van der Waals surface area contributed by atoms with Crippen molar-refractivity contribution in [2.45, 2.75) is 25.5 Å². The van der Waals surface area contributed by atoms with Crippen LogP contribution in [0.2, 0.25) is 0 Å². The molecule has 23 heavy (non-hydrogen) atoms. The summed E-state index contributed by atoms with van der Waals surface area (Å²) in [6, 6.07) is 2.07. The highest BCUT2D eigenvalue weighted by atomic mass is 32.2. The molecule has 1 aliphatic heterocycles. The van der Waals surface area contributed by atoms with Crippen LogP contribution in [0.25, 0.3) is 0 Å². The van der Waals surface area contributed by atoms with Gasteiger partial charge >= 0.3 is 0 Å². The number of halogens is 2. The van der Waals surface area contributed by atoms with E-state index in [1.54, 1.807) is 0 Å². The molecule has 1 aromatic carbocycles. The zero-order chi connectivity index (χ0) is 17.2. The Balaban J connectivity index is 2.19. The van der Waals surface area contributed by atoms with Crippen LogP contribution in [0.1, 0.15) is 24.9 Å². The number of sulfonamides is 1. The number of benzene rings is 1. The van der Waals surface area contributed by atoms with E-state index in [2.05, 4.69) is 4.72 Å². The van der Waals surface area contributed by atoms with Crippen molar-refractivity contribution in [2.24, 2.45) is 0 Å². The average molecular weight is 348 g/mol. The summed E-state index contributed by atoms with van der Waals surface area (Å²) >= 11 is 0. The van der Waals surface area contributed by atoms with Crippen molar-refractivity contribution in [3.63, 3.8) is 0 Å². The molecule has 1 aliphatic rings. The Morgan fingerprint density at radius 3 is 2.78 bits per heavy atom. The van der Waals surface area contributed by atoms with Crippen LogP contribution in [0.4, 0.5) is 8.78 Å². The predicted molar refractivity (Wildman–Crippen MR) is 78.9 cm³/mol. The molecule has 0 aromatic heterocycles. The lowest BCUT2D eigenvalue weighted by Gasteiger charge is -2.25. The van der Waals surface area contributed by atoms with Gasteiger partial charge in [-0.25, -0.2) is 21.9 Å². The van der Waals surface area contributed by atoms with E-state index in [1.807, 2.05) is 0 Å². The molecule has 1 aromatic rings. The number of nitrogens with zero attached hydrogens (tertiary/aromatic N) is 1. The fraction of sp³-hybridized carbons (Fsp3) is 0.500. The molecule has 9 heteroatoms. The summed E-state index contributed by atoms with van der Waals surface area (Å²) in [6.45, 7) is 0.876. The van der Waals surface area contributed by atoms with E-state index in [0.29, 0.717) is 0 Å². The topological polar surface area (TPSA) is 86.7 Å². The third-order valence-electron chi connectivity index (χ3n) is 3.74. The molecule has 128 valence electrons. The van der Waals surface area contributed by atoms with Gasteiger partial charge in [-0.15, -0.1) is 0 Å². The molecule has 2 N–H and O–H groups in total. The molecule has 0 saturated carbocycles. The number of β-amino-alcohol motifs (C(OH)–C–C–N with tert-alkyl or cyclic N) is 1. The van der Waals surface area contributed by atoms with E-state index in [1.165, 1.54) is 11.8 Å². The van der Waals surface area contributed by atoms with Crippen molar-refractivity contribution in [1.29, 1.82) is 0 Å². The van der Waals surface area contributed by atoms with Gasteiger partial charge in [-0.3, -0.25) is 4.79 Å². The maximum absolute atomic E-state index is 13.9. The number of aliphatic hydroxyl groups excluding tert-OH is 1. The van der Waals surface area contributed by atoms with Crippen LogP contribution in [-0.4, -0.2) is 49.3 Å². The molecule has 2 atom stereocenters. The summed E-state index contributed by atoms with van der Waals surface area (Å²) in [7, 11) is -3.55. The summed E-state index contributed by atoms with van der Waals surface area (Å²) < 4.78 is 52.2. The Morgan fingerprint density at radius 2 is 2.13 bits per heavy atom. The number of carbonyl (C=O) groups excluding carboxylic acids is 1. The highest BCUT2D eigenvalue weighted by Crippen LogP contribution is 2.34. The molecule has 0 bridgehead atoms. The zero-order valence-electron chi connectivity index (χ0n) is 12.5. The Labute approximate surface area is 133 Å². The number of hydrogen-bond donors (Lipinski definition) is 2. The highest BCUT2D eigenvalue weighted by molar-refractivity contribution is 7.89. The van der Waals surface area contributed by atoms with Crippen LogP contribution in [0.5, 0.6) is 0 Å². The van der Waals surface area contributed by atoms with Gasteiger partial charge in [0.25, 0.3) is 0 Å². The minimum atomic E-state index is -3.55. The van der Waals surface area contributed by atoms with Crippen LogP contribution in [0.3, 0.4) is 0 Å². The Morgan fingerprint density at radius 1 is 1.43 bits per heavy atom. The van der Waals surface area contributed by atoms with E-state index in [0.717, 1.165) is 18.2 Å². The number of likely N-dealkylation sites (tertiary alicyclic amines) is 1. The van der Waals surface area contributed by atoms with Crippen molar-refractivity contribution in [1.82, 2.24) is 9.62 Å². The minimum Gasteiger partial charge on any atom is -0.391 e. The second kappa shape index (κ2) is 6.90. The monoisotopic (exact) mass is 348 g/mol. The van der Waals surface area contributed by atoms with Crippen molar-refractivity contribution < 1.29 is 27.1 Å². The van der Waals surface area contributed by atoms with Gasteiger partial charge in [0.05, 0.1) is 24.4 Å². The van der Waals surface area contributed by atoms with Gasteiger partial charge in [0.1, 0.15) is 11.6 Å². The first kappa shape index (κ1) is 17.8. The smallest absolute Gasteiger partial charge is 0.238 e. The third-order valence-corrected chi connectivity index (χ3v) is 5.08. The van der Waals surface area contributed by atoms with Gasteiger partial charge in [-0.2, -0.15) is 0 Å². The number of carbonyl (C=O) groups is 1. The van der Waals surface area contributed by atoms with Crippen molar-refractivity contribution in [3.05, 3.63) is 35.4 Å². The second-order valence-electron chi connectivity index (χ2n) is 5.34. The number of amides is 1. The summed E-state index contributed by atoms with van der Waals surface area (Å²) in [5, 5.41) is 9.77. The first-order valence-corrected chi connectivity index (χ1v) is 8.78. The van der Waals surface area contributed by atoms with Crippen LogP contribution in [0, 0.1) is 11.6 Å². The van der Waals surface area contributed by atoms with Crippen LogP contribution in [0.15, 0.2) is 18.2 Å². The standard InChI is InChI=1S/C14H18F2N2O4S/c1-2-23(21,22)17-7-14(20)18-8-10(19)6-13(18)11-5-9(15)3-4-12(11)16/h3-5,10,13,17,19H,2,6-8H2,1H3. The molecule has 2 unspecified atom stereocenters. The largest absolute Gasteiger partial charge is 0.391 e. The summed E-state index contributed by atoms with van der Waals surface area (Å²) in [6.07, 6.45) is -0.818. The molecule has 1 amide bonds. The lowest BCUT2D eigenvalue weighted by Crippen LogP contribution is -2.41. The molecular formula is C14H18F2N2O4S. The molecule has 1 fully saturated rings. The van der Waals surface area contributed by atoms with Crippen LogP contribution >= 0.6 is 0 Å². The summed E-state index contributed by atoms with van der Waals surface area (Å²) in [5.74, 6) is -2.11. The van der Waals surface area contributed by atoms with E-state index < -0.39 is 46.3 Å². The lowest BCUT2D eigenvalue weighted by atomic mass is 10.0. The predicted octanol–water partition coefficient (Wildman–Crippen LogP) is 0.538. The maximum atomic E-state index is 13.9. The number of nitrogens with one attached hydrogen (secondary N) is 1. The summed E-state index contributed by atoms with van der Waals surface area (Å²) in [5.41, 5.74) is -0.0340. The van der Waals surface area contributed by atoms with Gasteiger partial charge in [0, 0.05) is 12.1 Å². The van der Waals surface area contributed by atoms with Crippen molar-refractivity contribution in [2.75, 3.05) is 18.8 Å². The average Bonchev–Trinajstić information content (AvgIpc) is 2.89. The molecule has 0 spiro atoms.